The number of phenols is 1. The SMILES string of the molecule is Cn1cc2cc(-c3cc(Cl)c4cc(N5CCSC5)cnc4n3)c(O)c(F)c2n1. The molecule has 1 fully saturated rings. The summed E-state index contributed by atoms with van der Waals surface area (Å²) in [5, 5.41) is 16.2. The minimum atomic E-state index is -0.777. The average molecular weight is 416 g/mol. The van der Waals surface area contributed by atoms with Crippen molar-refractivity contribution in [2.45, 2.75) is 0 Å². The van der Waals surface area contributed by atoms with Crippen molar-refractivity contribution < 1.29 is 9.50 Å². The lowest BCUT2D eigenvalue weighted by Gasteiger charge is -2.17. The minimum Gasteiger partial charge on any atom is -0.504 e. The van der Waals surface area contributed by atoms with Crippen molar-refractivity contribution in [1.29, 1.82) is 0 Å². The van der Waals surface area contributed by atoms with E-state index in [1.165, 1.54) is 4.68 Å². The van der Waals surface area contributed by atoms with Crippen LogP contribution in [0.15, 0.2) is 30.6 Å². The third-order valence-corrected chi connectivity index (χ3v) is 6.10. The molecule has 28 heavy (non-hydrogen) atoms. The largest absolute Gasteiger partial charge is 0.504 e. The number of hydrogen-bond donors (Lipinski definition) is 1. The fraction of sp³-hybridized carbons (Fsp3) is 0.211. The van der Waals surface area contributed by atoms with Gasteiger partial charge in [-0.3, -0.25) is 4.68 Å². The molecule has 5 rings (SSSR count). The Hall–Kier alpha value is -2.58. The molecule has 0 spiro atoms. The molecule has 1 N–H and O–H groups in total. The number of aryl methyl sites for hydroxylation is 1. The number of nitrogens with zero attached hydrogens (tertiary/aromatic N) is 5. The molecule has 0 atom stereocenters. The summed E-state index contributed by atoms with van der Waals surface area (Å²) in [6, 6.07) is 5.25. The van der Waals surface area contributed by atoms with E-state index in [1.807, 2.05) is 17.8 Å². The number of thioether (sulfide) groups is 1. The zero-order chi connectivity index (χ0) is 19.4. The first-order valence-corrected chi connectivity index (χ1v) is 10.2. The molecule has 142 valence electrons. The van der Waals surface area contributed by atoms with Crippen molar-refractivity contribution in [3.63, 3.8) is 0 Å². The zero-order valence-corrected chi connectivity index (χ0v) is 16.4. The van der Waals surface area contributed by atoms with Crippen LogP contribution in [0.3, 0.4) is 0 Å². The lowest BCUT2D eigenvalue weighted by Crippen LogP contribution is -2.18. The first-order valence-electron chi connectivity index (χ1n) is 8.65. The molecule has 4 heterocycles. The second kappa shape index (κ2) is 6.49. The van der Waals surface area contributed by atoms with Gasteiger partial charge in [0.25, 0.3) is 0 Å². The van der Waals surface area contributed by atoms with E-state index in [9.17, 15) is 9.50 Å². The molecule has 1 saturated heterocycles. The predicted octanol–water partition coefficient (Wildman–Crippen LogP) is 4.19. The quantitative estimate of drug-likeness (QED) is 0.529. The van der Waals surface area contributed by atoms with Gasteiger partial charge in [0.2, 0.25) is 0 Å². The molecule has 1 aromatic carbocycles. The van der Waals surface area contributed by atoms with Crippen LogP contribution in [-0.2, 0) is 7.05 Å². The third-order valence-electron chi connectivity index (χ3n) is 4.82. The highest BCUT2D eigenvalue weighted by Gasteiger charge is 2.20. The van der Waals surface area contributed by atoms with Crippen LogP contribution in [0.1, 0.15) is 0 Å². The Morgan fingerprint density at radius 2 is 2.14 bits per heavy atom. The van der Waals surface area contributed by atoms with Crippen LogP contribution < -0.4 is 4.90 Å². The number of hydrogen-bond acceptors (Lipinski definition) is 6. The normalized spacial score (nSPS) is 14.5. The van der Waals surface area contributed by atoms with Crippen molar-refractivity contribution in [3.05, 3.63) is 41.4 Å². The summed E-state index contributed by atoms with van der Waals surface area (Å²) in [4.78, 5) is 11.2. The summed E-state index contributed by atoms with van der Waals surface area (Å²) in [7, 11) is 1.70. The highest BCUT2D eigenvalue weighted by molar-refractivity contribution is 7.99. The Balaban J connectivity index is 1.66. The molecule has 0 amide bonds. The molecule has 4 aromatic rings. The van der Waals surface area contributed by atoms with Gasteiger partial charge in [-0.2, -0.15) is 5.10 Å². The van der Waals surface area contributed by atoms with Crippen LogP contribution in [-0.4, -0.2) is 43.0 Å². The molecular weight excluding hydrogens is 401 g/mol. The summed E-state index contributed by atoms with van der Waals surface area (Å²) in [5.41, 5.74) is 2.17. The number of fused-ring (bicyclic) bond motifs is 2. The summed E-state index contributed by atoms with van der Waals surface area (Å²) >= 11 is 8.38. The molecular formula is C19H15ClFN5OS. The van der Waals surface area contributed by atoms with Crippen LogP contribution in [0.2, 0.25) is 5.02 Å². The Bertz CT molecular complexity index is 1240. The fourth-order valence-electron chi connectivity index (χ4n) is 3.42. The van der Waals surface area contributed by atoms with Crippen LogP contribution in [0.5, 0.6) is 5.75 Å². The average Bonchev–Trinajstić information content (AvgIpc) is 3.34. The van der Waals surface area contributed by atoms with Crippen molar-refractivity contribution >= 4 is 51.0 Å². The maximum Gasteiger partial charge on any atom is 0.193 e. The van der Waals surface area contributed by atoms with E-state index >= 15 is 0 Å². The number of halogens is 2. The van der Waals surface area contributed by atoms with E-state index in [2.05, 4.69) is 20.0 Å². The van der Waals surface area contributed by atoms with Crippen molar-refractivity contribution in [3.8, 4) is 17.0 Å². The maximum atomic E-state index is 14.6. The van der Waals surface area contributed by atoms with Gasteiger partial charge in [-0.15, -0.1) is 11.8 Å². The van der Waals surface area contributed by atoms with E-state index in [4.69, 9.17) is 11.6 Å². The van der Waals surface area contributed by atoms with Gasteiger partial charge in [-0.1, -0.05) is 11.6 Å². The second-order valence-electron chi connectivity index (χ2n) is 6.68. The Morgan fingerprint density at radius 3 is 2.93 bits per heavy atom. The zero-order valence-electron chi connectivity index (χ0n) is 14.9. The van der Waals surface area contributed by atoms with Crippen molar-refractivity contribution in [2.75, 3.05) is 23.1 Å². The predicted molar refractivity (Wildman–Crippen MR) is 111 cm³/mol. The molecule has 0 saturated carbocycles. The summed E-state index contributed by atoms with van der Waals surface area (Å²) in [6.07, 6.45) is 3.45. The van der Waals surface area contributed by atoms with Crippen LogP contribution in [0, 0.1) is 5.82 Å². The minimum absolute atomic E-state index is 0.113. The van der Waals surface area contributed by atoms with Gasteiger partial charge in [-0.05, 0) is 18.2 Å². The van der Waals surface area contributed by atoms with Gasteiger partial charge in [0.1, 0.15) is 5.52 Å². The Kier molecular flexibility index (Phi) is 4.06. The van der Waals surface area contributed by atoms with E-state index in [1.54, 1.807) is 31.6 Å². The fourth-order valence-corrected chi connectivity index (χ4v) is 4.64. The number of aromatic nitrogens is 4. The molecule has 0 bridgehead atoms. The van der Waals surface area contributed by atoms with Gasteiger partial charge in [-0.25, -0.2) is 14.4 Å². The summed E-state index contributed by atoms with van der Waals surface area (Å²) in [5.74, 6) is 0.736. The molecule has 0 aliphatic carbocycles. The molecule has 1 aliphatic rings. The molecule has 0 unspecified atom stereocenters. The van der Waals surface area contributed by atoms with Gasteiger partial charge < -0.3 is 10.0 Å². The van der Waals surface area contributed by atoms with Gasteiger partial charge in [0, 0.05) is 41.9 Å². The van der Waals surface area contributed by atoms with Crippen molar-refractivity contribution in [1.82, 2.24) is 19.7 Å². The van der Waals surface area contributed by atoms with Gasteiger partial charge in [0.15, 0.2) is 17.2 Å². The van der Waals surface area contributed by atoms with E-state index < -0.39 is 11.6 Å². The van der Waals surface area contributed by atoms with Crippen LogP contribution in [0.25, 0.3) is 33.2 Å². The number of anilines is 1. The molecule has 3 aromatic heterocycles. The first-order chi connectivity index (χ1) is 13.5. The van der Waals surface area contributed by atoms with E-state index in [0.29, 0.717) is 21.7 Å². The van der Waals surface area contributed by atoms with E-state index in [-0.39, 0.29) is 11.1 Å². The number of benzene rings is 1. The smallest absolute Gasteiger partial charge is 0.193 e. The van der Waals surface area contributed by atoms with Crippen LogP contribution in [0.4, 0.5) is 10.1 Å². The van der Waals surface area contributed by atoms with Gasteiger partial charge in [0.05, 0.1) is 28.5 Å². The monoisotopic (exact) mass is 415 g/mol. The van der Waals surface area contributed by atoms with E-state index in [0.717, 1.165) is 29.2 Å². The Labute approximate surface area is 168 Å². The summed E-state index contributed by atoms with van der Waals surface area (Å²) < 4.78 is 16.1. The lowest BCUT2D eigenvalue weighted by molar-refractivity contribution is 0.437. The standard InChI is InChI=1S/C19H15ClFN5OS/c1-25-8-10-4-13(18(27)16(21)17(10)24-25)15-6-14(20)12-5-11(7-22-19(12)23-15)26-2-3-28-9-26/h4-8,27H,2-3,9H2,1H3. The number of pyridine rings is 2. The number of phenolic OH excluding ortho intramolecular Hbond substituents is 1. The lowest BCUT2D eigenvalue weighted by atomic mass is 10.1. The molecule has 9 heteroatoms. The maximum absolute atomic E-state index is 14.6. The number of rotatable bonds is 2. The highest BCUT2D eigenvalue weighted by Crippen LogP contribution is 2.38. The van der Waals surface area contributed by atoms with Crippen molar-refractivity contribution in [2.24, 2.45) is 7.05 Å². The van der Waals surface area contributed by atoms with Gasteiger partial charge >= 0.3 is 0 Å². The molecule has 1 aliphatic heterocycles. The molecule has 6 nitrogen and oxygen atoms in total. The van der Waals surface area contributed by atoms with Crippen LogP contribution >= 0.6 is 23.4 Å². The summed E-state index contributed by atoms with van der Waals surface area (Å²) in [6.45, 7) is 0.971. The highest BCUT2D eigenvalue weighted by atomic mass is 35.5. The third kappa shape index (κ3) is 2.75. The Morgan fingerprint density at radius 1 is 1.29 bits per heavy atom. The number of aromatic hydroxyl groups is 1. The topological polar surface area (TPSA) is 67.1 Å². The molecule has 0 radical (unpaired) electrons. The first kappa shape index (κ1) is 17.5. The second-order valence-corrected chi connectivity index (χ2v) is 8.16.